The molecule has 6 heteroatoms. The third kappa shape index (κ3) is 3.13. The number of hydrogen-bond donors (Lipinski definition) is 2. The summed E-state index contributed by atoms with van der Waals surface area (Å²) in [6.07, 6.45) is 4.75. The lowest BCUT2D eigenvalue weighted by Gasteiger charge is -2.28. The quantitative estimate of drug-likeness (QED) is 0.787. The van der Waals surface area contributed by atoms with E-state index in [4.69, 9.17) is 4.74 Å². The highest BCUT2D eigenvalue weighted by molar-refractivity contribution is 5.78. The molecule has 1 fully saturated rings. The Bertz CT molecular complexity index is 440. The Balaban J connectivity index is 1.47. The van der Waals surface area contributed by atoms with E-state index in [0.717, 1.165) is 45.6 Å². The maximum atomic E-state index is 12.0. The smallest absolute Gasteiger partial charge is 0.234 e. The van der Waals surface area contributed by atoms with Crippen LogP contribution < -0.4 is 5.32 Å². The predicted molar refractivity (Wildman–Crippen MR) is 69.8 cm³/mol. The van der Waals surface area contributed by atoms with Crippen LogP contribution in [0.3, 0.4) is 0 Å². The van der Waals surface area contributed by atoms with Gasteiger partial charge in [-0.05, 0) is 18.4 Å². The summed E-state index contributed by atoms with van der Waals surface area (Å²) in [5.74, 6) is 0.120. The molecule has 1 aromatic rings. The largest absolute Gasteiger partial charge is 0.379 e. The number of carbonyl (C=O) groups is 1. The van der Waals surface area contributed by atoms with Gasteiger partial charge in [0.15, 0.2) is 0 Å². The second-order valence-corrected chi connectivity index (χ2v) is 5.27. The molecule has 3 rings (SSSR count). The molecule has 2 aliphatic rings. The van der Waals surface area contributed by atoms with Crippen LogP contribution in [0.5, 0.6) is 0 Å². The summed E-state index contributed by atoms with van der Waals surface area (Å²) < 4.78 is 5.28. The zero-order chi connectivity index (χ0) is 13.1. The Morgan fingerprint density at radius 1 is 1.53 bits per heavy atom. The normalized spacial score (nSPS) is 23.9. The number of aryl methyl sites for hydroxylation is 1. The molecule has 0 bridgehead atoms. The third-order valence-electron chi connectivity index (χ3n) is 3.86. The van der Waals surface area contributed by atoms with Gasteiger partial charge in [-0.1, -0.05) is 0 Å². The Kier molecular flexibility index (Phi) is 3.79. The van der Waals surface area contributed by atoms with E-state index < -0.39 is 0 Å². The van der Waals surface area contributed by atoms with Gasteiger partial charge in [-0.15, -0.1) is 0 Å². The van der Waals surface area contributed by atoms with Crippen LogP contribution >= 0.6 is 0 Å². The number of morpholine rings is 1. The van der Waals surface area contributed by atoms with Gasteiger partial charge in [0.2, 0.25) is 5.91 Å². The lowest BCUT2D eigenvalue weighted by molar-refractivity contribution is -0.124. The number of rotatable bonds is 3. The Labute approximate surface area is 112 Å². The van der Waals surface area contributed by atoms with Gasteiger partial charge >= 0.3 is 0 Å². The summed E-state index contributed by atoms with van der Waals surface area (Å²) in [5, 5.41) is 10.2. The maximum absolute atomic E-state index is 12.0. The van der Waals surface area contributed by atoms with Gasteiger partial charge in [-0.3, -0.25) is 14.8 Å². The van der Waals surface area contributed by atoms with Gasteiger partial charge in [0, 0.05) is 31.2 Å². The molecule has 1 saturated heterocycles. The number of nitrogens with zero attached hydrogens (tertiary/aromatic N) is 2. The van der Waals surface area contributed by atoms with E-state index in [1.807, 2.05) is 6.20 Å². The number of aromatic nitrogens is 2. The average molecular weight is 264 g/mol. The van der Waals surface area contributed by atoms with Crippen molar-refractivity contribution in [3.63, 3.8) is 0 Å². The molecule has 2 heterocycles. The molecule has 0 saturated carbocycles. The van der Waals surface area contributed by atoms with E-state index >= 15 is 0 Å². The zero-order valence-corrected chi connectivity index (χ0v) is 11.0. The molecule has 1 amide bonds. The van der Waals surface area contributed by atoms with Crippen LogP contribution in [0, 0.1) is 0 Å². The molecular formula is C13H20N4O2. The number of amides is 1. The first-order chi connectivity index (χ1) is 9.31. The third-order valence-corrected chi connectivity index (χ3v) is 3.86. The fourth-order valence-corrected chi connectivity index (χ4v) is 2.77. The van der Waals surface area contributed by atoms with Crippen LogP contribution in [0.1, 0.15) is 17.7 Å². The standard InChI is InChI=1S/C13H20N4O2/c18-13(9-17-3-5-19-6-4-17)15-11-2-1-10-8-14-16-12(10)7-11/h8,11H,1-7,9H2,(H,14,16)(H,15,18)/t11-/m1/s1. The average Bonchev–Trinajstić information content (AvgIpc) is 2.87. The van der Waals surface area contributed by atoms with Gasteiger partial charge in [0.05, 0.1) is 26.0 Å². The van der Waals surface area contributed by atoms with Gasteiger partial charge < -0.3 is 10.1 Å². The molecule has 0 radical (unpaired) electrons. The summed E-state index contributed by atoms with van der Waals surface area (Å²) in [4.78, 5) is 14.2. The fraction of sp³-hybridized carbons (Fsp3) is 0.692. The van der Waals surface area contributed by atoms with Gasteiger partial charge in [0.25, 0.3) is 0 Å². The molecule has 6 nitrogen and oxygen atoms in total. The van der Waals surface area contributed by atoms with E-state index in [-0.39, 0.29) is 11.9 Å². The molecule has 0 spiro atoms. The van der Waals surface area contributed by atoms with Crippen LogP contribution in [0.2, 0.25) is 0 Å². The molecule has 104 valence electrons. The number of aromatic amines is 1. The zero-order valence-electron chi connectivity index (χ0n) is 11.0. The first-order valence-corrected chi connectivity index (χ1v) is 6.92. The minimum atomic E-state index is 0.120. The number of fused-ring (bicyclic) bond motifs is 1. The van der Waals surface area contributed by atoms with Crippen LogP contribution in [-0.4, -0.2) is 59.9 Å². The van der Waals surface area contributed by atoms with E-state index in [1.54, 1.807) is 0 Å². The lowest BCUT2D eigenvalue weighted by Crippen LogP contribution is -2.47. The van der Waals surface area contributed by atoms with Gasteiger partial charge in [0.1, 0.15) is 0 Å². The molecule has 1 aliphatic heterocycles. The number of carbonyl (C=O) groups excluding carboxylic acids is 1. The monoisotopic (exact) mass is 264 g/mol. The first-order valence-electron chi connectivity index (χ1n) is 6.92. The number of H-pyrrole nitrogens is 1. The van der Waals surface area contributed by atoms with Crippen LogP contribution in [0.25, 0.3) is 0 Å². The SMILES string of the molecule is O=C(CN1CCOCC1)N[C@@H]1CCc2cn[nH]c2C1. The maximum Gasteiger partial charge on any atom is 0.234 e. The summed E-state index contributed by atoms with van der Waals surface area (Å²) in [7, 11) is 0. The van der Waals surface area contributed by atoms with Crippen molar-refractivity contribution in [3.05, 3.63) is 17.5 Å². The lowest BCUT2D eigenvalue weighted by atomic mass is 9.94. The van der Waals surface area contributed by atoms with Crippen molar-refractivity contribution in [2.75, 3.05) is 32.8 Å². The fourth-order valence-electron chi connectivity index (χ4n) is 2.77. The molecule has 1 aliphatic carbocycles. The molecule has 1 atom stereocenters. The van der Waals surface area contributed by atoms with Crippen molar-refractivity contribution in [2.45, 2.75) is 25.3 Å². The Hall–Kier alpha value is -1.40. The summed E-state index contributed by atoms with van der Waals surface area (Å²) >= 11 is 0. The summed E-state index contributed by atoms with van der Waals surface area (Å²) in [6, 6.07) is 0.237. The number of ether oxygens (including phenoxy) is 1. The predicted octanol–water partition coefficient (Wildman–Crippen LogP) is -0.285. The molecule has 19 heavy (non-hydrogen) atoms. The first kappa shape index (κ1) is 12.6. The molecular weight excluding hydrogens is 244 g/mol. The molecule has 2 N–H and O–H groups in total. The molecule has 0 aromatic carbocycles. The van der Waals surface area contributed by atoms with Crippen molar-refractivity contribution < 1.29 is 9.53 Å². The number of hydrogen-bond acceptors (Lipinski definition) is 4. The minimum Gasteiger partial charge on any atom is -0.379 e. The highest BCUT2D eigenvalue weighted by atomic mass is 16.5. The van der Waals surface area contributed by atoms with Crippen molar-refractivity contribution in [2.24, 2.45) is 0 Å². The van der Waals surface area contributed by atoms with Crippen LogP contribution in [0.4, 0.5) is 0 Å². The molecule has 0 unspecified atom stereocenters. The topological polar surface area (TPSA) is 70.2 Å². The van der Waals surface area contributed by atoms with Gasteiger partial charge in [-0.25, -0.2) is 0 Å². The number of nitrogens with one attached hydrogen (secondary N) is 2. The Morgan fingerprint density at radius 3 is 3.21 bits per heavy atom. The van der Waals surface area contributed by atoms with E-state index in [0.29, 0.717) is 6.54 Å². The van der Waals surface area contributed by atoms with Crippen LogP contribution in [0.15, 0.2) is 6.20 Å². The minimum absolute atomic E-state index is 0.120. The van der Waals surface area contributed by atoms with E-state index in [2.05, 4.69) is 20.4 Å². The summed E-state index contributed by atoms with van der Waals surface area (Å²) in [6.45, 7) is 3.64. The van der Waals surface area contributed by atoms with Crippen molar-refractivity contribution in [3.8, 4) is 0 Å². The van der Waals surface area contributed by atoms with Crippen molar-refractivity contribution >= 4 is 5.91 Å². The van der Waals surface area contributed by atoms with Crippen molar-refractivity contribution in [1.82, 2.24) is 20.4 Å². The summed E-state index contributed by atoms with van der Waals surface area (Å²) in [5.41, 5.74) is 2.46. The second kappa shape index (κ2) is 5.71. The molecule has 1 aromatic heterocycles. The van der Waals surface area contributed by atoms with Gasteiger partial charge in [-0.2, -0.15) is 5.10 Å². The van der Waals surface area contributed by atoms with Crippen LogP contribution in [-0.2, 0) is 22.4 Å². The Morgan fingerprint density at radius 2 is 2.37 bits per heavy atom. The highest BCUT2D eigenvalue weighted by Crippen LogP contribution is 2.18. The van der Waals surface area contributed by atoms with E-state index in [1.165, 1.54) is 11.3 Å². The van der Waals surface area contributed by atoms with Crippen molar-refractivity contribution in [1.29, 1.82) is 0 Å². The second-order valence-electron chi connectivity index (χ2n) is 5.27. The van der Waals surface area contributed by atoms with E-state index in [9.17, 15) is 4.79 Å². The highest BCUT2D eigenvalue weighted by Gasteiger charge is 2.22.